The van der Waals surface area contributed by atoms with Crippen LogP contribution in [-0.4, -0.2) is 36.7 Å². The molecule has 1 aromatic rings. The zero-order chi connectivity index (χ0) is 13.8. The number of carbonyl (C=O) groups excluding carboxylic acids is 1. The number of hydrogen-bond donors (Lipinski definition) is 1. The highest BCUT2D eigenvalue weighted by Gasteiger charge is 2.24. The second-order valence-electron chi connectivity index (χ2n) is 4.85. The smallest absolute Gasteiger partial charge is 0.317 e. The van der Waals surface area contributed by atoms with Crippen molar-refractivity contribution in [2.75, 3.05) is 13.7 Å². The lowest BCUT2D eigenvalue weighted by atomic mass is 10.1. The molecule has 1 aromatic heterocycles. The summed E-state index contributed by atoms with van der Waals surface area (Å²) in [5, 5.41) is 2.98. The molecule has 1 saturated heterocycles. The topological polar surface area (TPSA) is 41.6 Å². The second kappa shape index (κ2) is 6.59. The SMILES string of the molecule is C[C@H](NC(=O)N(C)Cc1ccc(Cl)s1)[C@H]1CCCO1. The van der Waals surface area contributed by atoms with Crippen LogP contribution >= 0.6 is 22.9 Å². The van der Waals surface area contributed by atoms with Crippen molar-refractivity contribution in [2.24, 2.45) is 0 Å². The summed E-state index contributed by atoms with van der Waals surface area (Å²) in [7, 11) is 1.78. The van der Waals surface area contributed by atoms with Crippen LogP contribution in [0.15, 0.2) is 12.1 Å². The van der Waals surface area contributed by atoms with Gasteiger partial charge >= 0.3 is 6.03 Å². The first-order valence-electron chi connectivity index (χ1n) is 6.43. The van der Waals surface area contributed by atoms with Gasteiger partial charge in [-0.25, -0.2) is 4.79 Å². The van der Waals surface area contributed by atoms with Crippen LogP contribution in [0.1, 0.15) is 24.6 Å². The lowest BCUT2D eigenvalue weighted by molar-refractivity contribution is 0.0838. The number of carbonyl (C=O) groups is 1. The third kappa shape index (κ3) is 4.09. The molecule has 2 rings (SSSR count). The Morgan fingerprint density at radius 2 is 2.47 bits per heavy atom. The van der Waals surface area contributed by atoms with E-state index in [1.165, 1.54) is 11.3 Å². The fourth-order valence-electron chi connectivity index (χ4n) is 2.14. The van der Waals surface area contributed by atoms with Crippen molar-refractivity contribution in [1.29, 1.82) is 0 Å². The van der Waals surface area contributed by atoms with Crippen LogP contribution in [0.5, 0.6) is 0 Å². The summed E-state index contributed by atoms with van der Waals surface area (Å²) in [5.74, 6) is 0. The van der Waals surface area contributed by atoms with Crippen LogP contribution in [0.4, 0.5) is 4.79 Å². The molecule has 4 nitrogen and oxygen atoms in total. The summed E-state index contributed by atoms with van der Waals surface area (Å²) in [6, 6.07) is 3.76. The number of urea groups is 1. The largest absolute Gasteiger partial charge is 0.376 e. The normalized spacial score (nSPS) is 20.3. The van der Waals surface area contributed by atoms with Crippen molar-refractivity contribution in [3.63, 3.8) is 0 Å². The van der Waals surface area contributed by atoms with Gasteiger partial charge < -0.3 is 15.0 Å². The van der Waals surface area contributed by atoms with E-state index in [9.17, 15) is 4.79 Å². The predicted molar refractivity (Wildman–Crippen MR) is 77.8 cm³/mol. The minimum Gasteiger partial charge on any atom is -0.376 e. The van der Waals surface area contributed by atoms with Crippen LogP contribution in [0.25, 0.3) is 0 Å². The van der Waals surface area contributed by atoms with Crippen LogP contribution < -0.4 is 5.32 Å². The number of hydrogen-bond acceptors (Lipinski definition) is 3. The first kappa shape index (κ1) is 14.6. The molecule has 0 saturated carbocycles. The van der Waals surface area contributed by atoms with Crippen molar-refractivity contribution in [3.8, 4) is 0 Å². The molecule has 1 aliphatic heterocycles. The van der Waals surface area contributed by atoms with E-state index in [4.69, 9.17) is 16.3 Å². The van der Waals surface area contributed by atoms with E-state index in [2.05, 4.69) is 5.32 Å². The average Bonchev–Trinajstić information content (AvgIpc) is 3.00. The Hall–Kier alpha value is -0.780. The molecule has 19 heavy (non-hydrogen) atoms. The summed E-state index contributed by atoms with van der Waals surface area (Å²) in [6.07, 6.45) is 2.24. The van der Waals surface area contributed by atoms with E-state index < -0.39 is 0 Å². The number of ether oxygens (including phenoxy) is 1. The van der Waals surface area contributed by atoms with Gasteiger partial charge in [-0.15, -0.1) is 11.3 Å². The Morgan fingerprint density at radius 3 is 3.05 bits per heavy atom. The molecule has 2 heterocycles. The highest BCUT2D eigenvalue weighted by Crippen LogP contribution is 2.22. The molecule has 2 amide bonds. The van der Waals surface area contributed by atoms with Crippen molar-refractivity contribution in [1.82, 2.24) is 10.2 Å². The lowest BCUT2D eigenvalue weighted by Gasteiger charge is -2.24. The Labute approximate surface area is 122 Å². The number of rotatable bonds is 4. The van der Waals surface area contributed by atoms with Gasteiger partial charge in [-0.2, -0.15) is 0 Å². The molecule has 6 heteroatoms. The van der Waals surface area contributed by atoms with E-state index in [-0.39, 0.29) is 18.2 Å². The van der Waals surface area contributed by atoms with Gasteiger partial charge in [0.05, 0.1) is 23.0 Å². The minimum atomic E-state index is -0.0764. The minimum absolute atomic E-state index is 0.0457. The monoisotopic (exact) mass is 302 g/mol. The molecule has 0 aromatic carbocycles. The summed E-state index contributed by atoms with van der Waals surface area (Å²) in [4.78, 5) is 14.8. The first-order chi connectivity index (χ1) is 9.06. The third-order valence-corrected chi connectivity index (χ3v) is 4.46. The number of nitrogens with zero attached hydrogens (tertiary/aromatic N) is 1. The summed E-state index contributed by atoms with van der Waals surface area (Å²) < 4.78 is 6.32. The van der Waals surface area contributed by atoms with Gasteiger partial charge in [0.2, 0.25) is 0 Å². The van der Waals surface area contributed by atoms with Gasteiger partial charge in [0.25, 0.3) is 0 Å². The highest BCUT2D eigenvalue weighted by atomic mass is 35.5. The molecule has 1 fully saturated rings. The van der Waals surface area contributed by atoms with E-state index >= 15 is 0 Å². The molecule has 2 atom stereocenters. The molecule has 1 aliphatic rings. The number of thiophene rings is 1. The molecule has 0 radical (unpaired) electrons. The number of halogens is 1. The van der Waals surface area contributed by atoms with Gasteiger partial charge in [-0.05, 0) is 31.9 Å². The standard InChI is InChI=1S/C13H19ClN2O2S/c1-9(11-4-3-7-18-11)15-13(17)16(2)8-10-5-6-12(14)19-10/h5-6,9,11H,3-4,7-8H2,1-2H3,(H,15,17)/t9-,11+/m0/s1. The molecule has 1 N–H and O–H groups in total. The number of amides is 2. The predicted octanol–water partition coefficient (Wildman–Crippen LogP) is 3.11. The Bertz CT molecular complexity index is 432. The van der Waals surface area contributed by atoms with Crippen LogP contribution in [0, 0.1) is 0 Å². The quantitative estimate of drug-likeness (QED) is 0.928. The average molecular weight is 303 g/mol. The zero-order valence-corrected chi connectivity index (χ0v) is 12.8. The van der Waals surface area contributed by atoms with Crippen molar-refractivity contribution >= 4 is 29.0 Å². The van der Waals surface area contributed by atoms with Crippen molar-refractivity contribution in [3.05, 3.63) is 21.3 Å². The van der Waals surface area contributed by atoms with E-state index in [1.54, 1.807) is 11.9 Å². The van der Waals surface area contributed by atoms with E-state index in [1.807, 2.05) is 19.1 Å². The molecular weight excluding hydrogens is 284 g/mol. The van der Waals surface area contributed by atoms with Gasteiger partial charge in [0.1, 0.15) is 0 Å². The van der Waals surface area contributed by atoms with Crippen LogP contribution in [0.2, 0.25) is 4.34 Å². The van der Waals surface area contributed by atoms with Crippen molar-refractivity contribution < 1.29 is 9.53 Å². The second-order valence-corrected chi connectivity index (χ2v) is 6.65. The molecule has 0 unspecified atom stereocenters. The number of nitrogens with one attached hydrogen (secondary N) is 1. The molecular formula is C13H19ClN2O2S. The van der Waals surface area contributed by atoms with Crippen molar-refractivity contribution in [2.45, 2.75) is 38.5 Å². The van der Waals surface area contributed by atoms with E-state index in [0.717, 1.165) is 28.7 Å². The Kier molecular flexibility index (Phi) is 5.07. The Balaban J connectivity index is 1.81. The third-order valence-electron chi connectivity index (χ3n) is 3.24. The summed E-state index contributed by atoms with van der Waals surface area (Å²) in [6.45, 7) is 3.36. The van der Waals surface area contributed by atoms with Gasteiger partial charge in [-0.1, -0.05) is 11.6 Å². The first-order valence-corrected chi connectivity index (χ1v) is 7.63. The summed E-state index contributed by atoms with van der Waals surface area (Å²) >= 11 is 7.37. The highest BCUT2D eigenvalue weighted by molar-refractivity contribution is 7.16. The van der Waals surface area contributed by atoms with Crippen LogP contribution in [0.3, 0.4) is 0 Å². The fraction of sp³-hybridized carbons (Fsp3) is 0.615. The zero-order valence-electron chi connectivity index (χ0n) is 11.2. The maximum Gasteiger partial charge on any atom is 0.317 e. The fourth-order valence-corrected chi connectivity index (χ4v) is 3.28. The summed E-state index contributed by atoms with van der Waals surface area (Å²) in [5.41, 5.74) is 0. The molecule has 0 bridgehead atoms. The van der Waals surface area contributed by atoms with Gasteiger partial charge in [0.15, 0.2) is 0 Å². The Morgan fingerprint density at radius 1 is 1.68 bits per heavy atom. The van der Waals surface area contributed by atoms with Crippen LogP contribution in [-0.2, 0) is 11.3 Å². The van der Waals surface area contributed by atoms with Gasteiger partial charge in [0, 0.05) is 18.5 Å². The maximum atomic E-state index is 12.1. The maximum absolute atomic E-state index is 12.1. The lowest BCUT2D eigenvalue weighted by Crippen LogP contribution is -2.46. The molecule has 0 spiro atoms. The molecule has 0 aliphatic carbocycles. The van der Waals surface area contributed by atoms with Gasteiger partial charge in [-0.3, -0.25) is 0 Å². The van der Waals surface area contributed by atoms with E-state index in [0.29, 0.717) is 6.54 Å². The molecule has 106 valence electrons.